The Hall–Kier alpha value is -2.68. The van der Waals surface area contributed by atoms with Crippen LogP contribution in [0.15, 0.2) is 36.4 Å². The van der Waals surface area contributed by atoms with Crippen molar-refractivity contribution in [1.29, 1.82) is 0 Å². The summed E-state index contributed by atoms with van der Waals surface area (Å²) in [5.41, 5.74) is 0.813. The van der Waals surface area contributed by atoms with Gasteiger partial charge >= 0.3 is 0 Å². The van der Waals surface area contributed by atoms with Gasteiger partial charge in [-0.3, -0.25) is 0 Å². The molecule has 8 heteroatoms. The van der Waals surface area contributed by atoms with Crippen molar-refractivity contribution in [1.82, 2.24) is 9.97 Å². The number of nitrogens with zero attached hydrogens (tertiary/aromatic N) is 2. The normalized spacial score (nSPS) is 12.2. The first-order valence-electron chi connectivity index (χ1n) is 10.1. The number of hydrogen-bond donors (Lipinski definition) is 2. The molecule has 3 aromatic heterocycles. The van der Waals surface area contributed by atoms with E-state index in [2.05, 4.69) is 40.4 Å². The number of nitrogens with one attached hydrogen (secondary N) is 1. The monoisotopic (exact) mass is 455 g/mol. The van der Waals surface area contributed by atoms with E-state index in [1.54, 1.807) is 29.8 Å². The minimum atomic E-state index is 0.0612. The number of aromatic nitrogens is 2. The summed E-state index contributed by atoms with van der Waals surface area (Å²) in [5.74, 6) is 2.80. The molecule has 0 bridgehead atoms. The number of aliphatic hydroxyl groups excluding tert-OH is 1. The van der Waals surface area contributed by atoms with Crippen LogP contribution in [0.25, 0.3) is 20.7 Å². The number of ether oxygens (including phenoxy) is 2. The van der Waals surface area contributed by atoms with Gasteiger partial charge in [0, 0.05) is 31.0 Å². The van der Waals surface area contributed by atoms with Crippen molar-refractivity contribution in [2.75, 3.05) is 19.0 Å². The van der Waals surface area contributed by atoms with E-state index in [0.29, 0.717) is 23.9 Å². The highest BCUT2D eigenvalue weighted by Crippen LogP contribution is 2.38. The Morgan fingerprint density at radius 2 is 1.84 bits per heavy atom. The highest BCUT2D eigenvalue weighted by atomic mass is 32.1. The molecule has 0 unspecified atom stereocenters. The van der Waals surface area contributed by atoms with Crippen LogP contribution in [-0.2, 0) is 6.61 Å². The summed E-state index contributed by atoms with van der Waals surface area (Å²) in [5, 5.41) is 13.8. The Balaban J connectivity index is 1.64. The quantitative estimate of drug-likeness (QED) is 0.350. The van der Waals surface area contributed by atoms with Gasteiger partial charge in [-0.15, -0.1) is 22.7 Å². The molecule has 6 nitrogen and oxygen atoms in total. The fourth-order valence-corrected chi connectivity index (χ4v) is 5.35. The molecule has 0 radical (unpaired) electrons. The maximum Gasteiger partial charge on any atom is 0.163 e. The Morgan fingerprint density at radius 1 is 1.06 bits per heavy atom. The van der Waals surface area contributed by atoms with Gasteiger partial charge in [-0.1, -0.05) is 0 Å². The first kappa shape index (κ1) is 21.5. The van der Waals surface area contributed by atoms with Gasteiger partial charge in [0.25, 0.3) is 0 Å². The van der Waals surface area contributed by atoms with Gasteiger partial charge < -0.3 is 19.9 Å². The lowest BCUT2D eigenvalue weighted by Gasteiger charge is -2.17. The van der Waals surface area contributed by atoms with Crippen LogP contribution >= 0.6 is 22.7 Å². The number of anilines is 1. The molecule has 0 amide bonds. The molecule has 0 aliphatic carbocycles. The van der Waals surface area contributed by atoms with E-state index in [-0.39, 0.29) is 12.6 Å². The van der Waals surface area contributed by atoms with Crippen molar-refractivity contribution < 1.29 is 14.6 Å². The second kappa shape index (κ2) is 9.21. The highest BCUT2D eigenvalue weighted by molar-refractivity contribution is 7.22. The first-order chi connectivity index (χ1) is 15.0. The molecule has 0 aliphatic heterocycles. The van der Waals surface area contributed by atoms with Gasteiger partial charge in [-0.25, -0.2) is 9.97 Å². The predicted molar refractivity (Wildman–Crippen MR) is 128 cm³/mol. The minimum absolute atomic E-state index is 0.0612. The lowest BCUT2D eigenvalue weighted by molar-refractivity contribution is 0.285. The number of benzene rings is 1. The Bertz CT molecular complexity index is 1200. The number of thiophene rings is 2. The molecule has 2 N–H and O–H groups in total. The Kier molecular flexibility index (Phi) is 6.41. The average Bonchev–Trinajstić information content (AvgIpc) is 3.43. The minimum Gasteiger partial charge on any atom is -0.493 e. The summed E-state index contributed by atoms with van der Waals surface area (Å²) in [6, 6.07) is 12.2. The van der Waals surface area contributed by atoms with E-state index >= 15 is 0 Å². The summed E-state index contributed by atoms with van der Waals surface area (Å²) in [6.45, 7) is 6.59. The number of aryl methyl sites for hydroxylation is 1. The van der Waals surface area contributed by atoms with Crippen molar-refractivity contribution in [3.63, 3.8) is 0 Å². The zero-order valence-electron chi connectivity index (χ0n) is 17.9. The largest absolute Gasteiger partial charge is 0.493 e. The molecule has 0 saturated carbocycles. The highest BCUT2D eigenvalue weighted by Gasteiger charge is 2.16. The zero-order chi connectivity index (χ0) is 22.0. The van der Waals surface area contributed by atoms with E-state index in [1.165, 1.54) is 14.6 Å². The van der Waals surface area contributed by atoms with Gasteiger partial charge in [-0.2, -0.15) is 0 Å². The zero-order valence-corrected chi connectivity index (χ0v) is 19.6. The van der Waals surface area contributed by atoms with Gasteiger partial charge in [0.1, 0.15) is 11.6 Å². The smallest absolute Gasteiger partial charge is 0.163 e. The van der Waals surface area contributed by atoms with Crippen molar-refractivity contribution >= 4 is 39.4 Å². The number of methoxy groups -OCH3 is 1. The summed E-state index contributed by atoms with van der Waals surface area (Å²) < 4.78 is 11.2. The molecule has 0 fully saturated rings. The van der Waals surface area contributed by atoms with Crippen LogP contribution in [-0.4, -0.2) is 28.8 Å². The Morgan fingerprint density at radius 3 is 2.55 bits per heavy atom. The first-order valence-corrected chi connectivity index (χ1v) is 11.7. The van der Waals surface area contributed by atoms with Crippen molar-refractivity contribution in [3.8, 4) is 21.3 Å². The molecule has 3 heterocycles. The number of rotatable bonds is 8. The number of fused-ring (bicyclic) bond motifs is 1. The third kappa shape index (κ3) is 4.51. The summed E-state index contributed by atoms with van der Waals surface area (Å²) in [6.07, 6.45) is 0. The summed E-state index contributed by atoms with van der Waals surface area (Å²) >= 11 is 3.36. The molecule has 0 spiro atoms. The summed E-state index contributed by atoms with van der Waals surface area (Å²) in [7, 11) is 1.63. The van der Waals surface area contributed by atoms with E-state index in [0.717, 1.165) is 21.6 Å². The average molecular weight is 456 g/mol. The van der Waals surface area contributed by atoms with Crippen LogP contribution in [0, 0.1) is 6.92 Å². The molecule has 0 aliphatic rings. The number of hydrogen-bond acceptors (Lipinski definition) is 8. The topological polar surface area (TPSA) is 76.5 Å². The van der Waals surface area contributed by atoms with Crippen LogP contribution in [0.3, 0.4) is 0 Å². The fraction of sp³-hybridized carbons (Fsp3) is 0.304. The van der Waals surface area contributed by atoms with E-state index in [1.807, 2.05) is 32.0 Å². The molecule has 31 heavy (non-hydrogen) atoms. The number of aliphatic hydroxyl groups is 1. The molecule has 1 atom stereocenters. The molecule has 1 aromatic carbocycles. The standard InChI is InChI=1S/C23H25N3O3S2/c1-5-29-19-11-17-16(10-18(19)28-4)23(26-14(3)25-17)24-13(2)20-8-9-22(31-20)21-7-6-15(12-27)30-21/h6-11,13,27H,5,12H2,1-4H3,(H,24,25,26)/t13-/m0/s1. The lowest BCUT2D eigenvalue weighted by atomic mass is 10.2. The van der Waals surface area contributed by atoms with E-state index in [4.69, 9.17) is 9.47 Å². The lowest BCUT2D eigenvalue weighted by Crippen LogP contribution is -2.08. The van der Waals surface area contributed by atoms with Crippen LogP contribution < -0.4 is 14.8 Å². The van der Waals surface area contributed by atoms with Crippen LogP contribution in [0.4, 0.5) is 5.82 Å². The van der Waals surface area contributed by atoms with Crippen molar-refractivity contribution in [3.05, 3.63) is 52.0 Å². The SMILES string of the molecule is CCOc1cc2nc(C)nc(N[C@@H](C)c3ccc(-c4ccc(CO)s4)s3)c2cc1OC. The third-order valence-electron chi connectivity index (χ3n) is 4.86. The molecular weight excluding hydrogens is 430 g/mol. The van der Waals surface area contributed by atoms with Crippen molar-refractivity contribution in [2.24, 2.45) is 0 Å². The van der Waals surface area contributed by atoms with Gasteiger partial charge in [0.15, 0.2) is 11.5 Å². The van der Waals surface area contributed by atoms with Crippen molar-refractivity contribution in [2.45, 2.75) is 33.4 Å². The molecule has 162 valence electrons. The molecule has 0 saturated heterocycles. The molecule has 4 rings (SSSR count). The maximum absolute atomic E-state index is 9.32. The van der Waals surface area contributed by atoms with Crippen LogP contribution in [0.1, 0.15) is 35.5 Å². The van der Waals surface area contributed by atoms with Crippen LogP contribution in [0.2, 0.25) is 0 Å². The second-order valence-electron chi connectivity index (χ2n) is 7.06. The predicted octanol–water partition coefficient (Wildman–Crippen LogP) is 5.80. The second-order valence-corrected chi connectivity index (χ2v) is 9.35. The molecule has 4 aromatic rings. The van der Waals surface area contributed by atoms with Gasteiger partial charge in [0.2, 0.25) is 0 Å². The summed E-state index contributed by atoms with van der Waals surface area (Å²) in [4.78, 5) is 13.8. The van der Waals surface area contributed by atoms with Crippen LogP contribution in [0.5, 0.6) is 11.5 Å². The Labute approximate surface area is 189 Å². The van der Waals surface area contributed by atoms with E-state index < -0.39 is 0 Å². The maximum atomic E-state index is 9.32. The van der Waals surface area contributed by atoms with Gasteiger partial charge in [0.05, 0.1) is 31.9 Å². The van der Waals surface area contributed by atoms with E-state index in [9.17, 15) is 5.11 Å². The third-order valence-corrected chi connectivity index (χ3v) is 7.39. The molecular formula is C23H25N3O3S2. The fourth-order valence-electron chi connectivity index (χ4n) is 3.38. The van der Waals surface area contributed by atoms with Gasteiger partial charge in [-0.05, 0) is 51.1 Å².